The number of aromatic nitrogens is 1. The van der Waals surface area contributed by atoms with Crippen molar-refractivity contribution in [2.45, 2.75) is 50.7 Å². The second-order valence-corrected chi connectivity index (χ2v) is 7.18. The molecular weight excluding hydrogens is 284 g/mol. The summed E-state index contributed by atoms with van der Waals surface area (Å²) in [5.74, 6) is -0.151. The molecule has 4 nitrogen and oxygen atoms in total. The van der Waals surface area contributed by atoms with Gasteiger partial charge in [-0.3, -0.25) is 9.69 Å². The number of fused-ring (bicyclic) bond motifs is 1. The molecule has 3 unspecified atom stereocenters. The summed E-state index contributed by atoms with van der Waals surface area (Å²) in [7, 11) is 0. The molecule has 0 aromatic carbocycles. The minimum atomic E-state index is -0.697. The monoisotopic (exact) mass is 300 g/mol. The molecule has 2 fully saturated rings. The summed E-state index contributed by atoms with van der Waals surface area (Å²) in [4.78, 5) is 17.9. The van der Waals surface area contributed by atoms with Gasteiger partial charge in [-0.25, -0.2) is 4.98 Å². The molecule has 1 saturated carbocycles. The summed E-state index contributed by atoms with van der Waals surface area (Å²) in [5.41, 5.74) is 0. The Morgan fingerprint density at radius 2 is 2.32 bits per heavy atom. The van der Waals surface area contributed by atoms with Crippen molar-refractivity contribution in [2.24, 2.45) is 5.92 Å². The first-order valence-electron chi connectivity index (χ1n) is 6.74. The van der Waals surface area contributed by atoms with E-state index < -0.39 is 5.97 Å². The van der Waals surface area contributed by atoms with Crippen LogP contribution in [0.1, 0.15) is 37.1 Å². The number of carboxylic acid groups (broad SMARTS) is 1. The highest BCUT2D eigenvalue weighted by atomic mass is 35.5. The second-order valence-electron chi connectivity index (χ2n) is 5.43. The van der Waals surface area contributed by atoms with Gasteiger partial charge in [0, 0.05) is 6.04 Å². The molecule has 2 heterocycles. The Morgan fingerprint density at radius 3 is 3.00 bits per heavy atom. The minimum Gasteiger partial charge on any atom is -0.480 e. The molecule has 104 valence electrons. The topological polar surface area (TPSA) is 53.4 Å². The van der Waals surface area contributed by atoms with Gasteiger partial charge in [0.1, 0.15) is 15.4 Å². The molecule has 1 aromatic rings. The third kappa shape index (κ3) is 2.64. The first kappa shape index (κ1) is 13.3. The van der Waals surface area contributed by atoms with Gasteiger partial charge < -0.3 is 5.11 Å². The van der Waals surface area contributed by atoms with Crippen LogP contribution in [-0.4, -0.2) is 33.0 Å². The van der Waals surface area contributed by atoms with Gasteiger partial charge in [0.05, 0.1) is 12.7 Å². The van der Waals surface area contributed by atoms with Crippen LogP contribution in [0.4, 0.5) is 0 Å². The zero-order valence-corrected chi connectivity index (χ0v) is 12.2. The van der Waals surface area contributed by atoms with Crippen LogP contribution in [0.3, 0.4) is 0 Å². The SMILES string of the molecule is O=C(O)C1CC2CCCCC2N1Cc1ncc(Cl)s1. The summed E-state index contributed by atoms with van der Waals surface area (Å²) in [6.07, 6.45) is 7.18. The number of likely N-dealkylation sites (tertiary alicyclic amines) is 1. The summed E-state index contributed by atoms with van der Waals surface area (Å²) in [5, 5.41) is 10.3. The van der Waals surface area contributed by atoms with Crippen molar-refractivity contribution in [1.82, 2.24) is 9.88 Å². The number of hydrogen-bond donors (Lipinski definition) is 1. The van der Waals surface area contributed by atoms with E-state index in [1.807, 2.05) is 0 Å². The van der Waals surface area contributed by atoms with Crippen molar-refractivity contribution in [3.8, 4) is 0 Å². The van der Waals surface area contributed by atoms with Crippen LogP contribution in [0, 0.1) is 5.92 Å². The lowest BCUT2D eigenvalue weighted by atomic mass is 9.85. The Hall–Kier alpha value is -0.650. The van der Waals surface area contributed by atoms with Crippen LogP contribution in [0.2, 0.25) is 4.34 Å². The Balaban J connectivity index is 1.80. The maximum absolute atomic E-state index is 11.5. The molecular formula is C13H17ClN2O2S. The molecule has 3 atom stereocenters. The molecule has 1 aromatic heterocycles. The molecule has 0 spiro atoms. The average Bonchev–Trinajstić information content (AvgIpc) is 2.95. The summed E-state index contributed by atoms with van der Waals surface area (Å²) in [6.45, 7) is 0.621. The third-order valence-corrected chi connectivity index (χ3v) is 5.45. The lowest BCUT2D eigenvalue weighted by Gasteiger charge is -2.32. The first-order valence-corrected chi connectivity index (χ1v) is 7.93. The van der Waals surface area contributed by atoms with Crippen LogP contribution < -0.4 is 0 Å². The summed E-state index contributed by atoms with van der Waals surface area (Å²) < 4.78 is 0.668. The van der Waals surface area contributed by atoms with E-state index in [2.05, 4.69) is 9.88 Å². The molecule has 1 saturated heterocycles. The highest BCUT2D eigenvalue weighted by Crippen LogP contribution is 2.40. The number of rotatable bonds is 3. The van der Waals surface area contributed by atoms with E-state index in [9.17, 15) is 9.90 Å². The zero-order valence-electron chi connectivity index (χ0n) is 10.6. The highest BCUT2D eigenvalue weighted by Gasteiger charge is 2.45. The molecule has 0 amide bonds. The van der Waals surface area contributed by atoms with Crippen molar-refractivity contribution in [3.63, 3.8) is 0 Å². The van der Waals surface area contributed by atoms with E-state index in [-0.39, 0.29) is 6.04 Å². The van der Waals surface area contributed by atoms with Gasteiger partial charge in [0.15, 0.2) is 0 Å². The molecule has 19 heavy (non-hydrogen) atoms. The first-order chi connectivity index (χ1) is 9.15. The number of thiazole rings is 1. The summed E-state index contributed by atoms with van der Waals surface area (Å²) >= 11 is 7.35. The molecule has 1 aliphatic heterocycles. The van der Waals surface area contributed by atoms with E-state index in [0.717, 1.165) is 17.8 Å². The van der Waals surface area contributed by atoms with Crippen molar-refractivity contribution < 1.29 is 9.90 Å². The van der Waals surface area contributed by atoms with Crippen LogP contribution in [0.5, 0.6) is 0 Å². The van der Waals surface area contributed by atoms with Crippen LogP contribution in [-0.2, 0) is 11.3 Å². The Bertz CT molecular complexity index is 479. The fourth-order valence-electron chi connectivity index (χ4n) is 3.54. The molecule has 3 rings (SSSR count). The number of hydrogen-bond acceptors (Lipinski definition) is 4. The van der Waals surface area contributed by atoms with Crippen molar-refractivity contribution in [3.05, 3.63) is 15.5 Å². The van der Waals surface area contributed by atoms with Gasteiger partial charge in [-0.05, 0) is 25.2 Å². The van der Waals surface area contributed by atoms with Crippen LogP contribution >= 0.6 is 22.9 Å². The quantitative estimate of drug-likeness (QED) is 0.932. The van der Waals surface area contributed by atoms with Crippen molar-refractivity contribution in [1.29, 1.82) is 0 Å². The largest absolute Gasteiger partial charge is 0.480 e. The van der Waals surface area contributed by atoms with Crippen LogP contribution in [0.15, 0.2) is 6.20 Å². The number of aliphatic carboxylic acids is 1. The molecule has 1 N–H and O–H groups in total. The summed E-state index contributed by atoms with van der Waals surface area (Å²) in [6, 6.07) is 0.0632. The molecule has 0 radical (unpaired) electrons. The smallest absolute Gasteiger partial charge is 0.320 e. The molecule has 0 bridgehead atoms. The Kier molecular flexibility index (Phi) is 3.78. The number of carboxylic acids is 1. The van der Waals surface area contributed by atoms with Crippen molar-refractivity contribution in [2.75, 3.05) is 0 Å². The normalized spacial score (nSPS) is 31.3. The van der Waals surface area contributed by atoms with Crippen LogP contribution in [0.25, 0.3) is 0 Å². The Labute approximate surface area is 121 Å². The van der Waals surface area contributed by atoms with E-state index in [1.165, 1.54) is 30.6 Å². The van der Waals surface area contributed by atoms with Gasteiger partial charge in [-0.15, -0.1) is 11.3 Å². The highest BCUT2D eigenvalue weighted by molar-refractivity contribution is 7.15. The number of nitrogens with zero attached hydrogens (tertiary/aromatic N) is 2. The molecule has 1 aliphatic carbocycles. The second kappa shape index (κ2) is 5.38. The third-order valence-electron chi connectivity index (χ3n) is 4.35. The van der Waals surface area contributed by atoms with E-state index in [0.29, 0.717) is 22.8 Å². The Morgan fingerprint density at radius 1 is 1.53 bits per heavy atom. The molecule has 2 aliphatic rings. The lowest BCUT2D eigenvalue weighted by Crippen LogP contribution is -2.41. The standard InChI is InChI=1S/C13H17ClN2O2S/c14-11-6-15-12(19-11)7-16-9-4-2-1-3-8(9)5-10(16)13(17)18/h6,8-10H,1-5,7H2,(H,17,18). The minimum absolute atomic E-state index is 0.351. The van der Waals surface area contributed by atoms with Gasteiger partial charge in [-0.1, -0.05) is 24.4 Å². The van der Waals surface area contributed by atoms with Gasteiger partial charge in [0.2, 0.25) is 0 Å². The fraction of sp³-hybridized carbons (Fsp3) is 0.692. The number of halogens is 1. The maximum Gasteiger partial charge on any atom is 0.320 e. The average molecular weight is 301 g/mol. The van der Waals surface area contributed by atoms with E-state index >= 15 is 0 Å². The predicted molar refractivity (Wildman–Crippen MR) is 74.5 cm³/mol. The maximum atomic E-state index is 11.5. The van der Waals surface area contributed by atoms with E-state index in [1.54, 1.807) is 6.20 Å². The lowest BCUT2D eigenvalue weighted by molar-refractivity contribution is -0.142. The van der Waals surface area contributed by atoms with Crippen molar-refractivity contribution >= 4 is 28.9 Å². The zero-order chi connectivity index (χ0) is 13.4. The predicted octanol–water partition coefficient (Wildman–Crippen LogP) is 3.01. The fourth-order valence-corrected chi connectivity index (χ4v) is 4.51. The van der Waals surface area contributed by atoms with Gasteiger partial charge in [0.25, 0.3) is 0 Å². The molecule has 6 heteroatoms. The van der Waals surface area contributed by atoms with Gasteiger partial charge >= 0.3 is 5.97 Å². The van der Waals surface area contributed by atoms with E-state index in [4.69, 9.17) is 11.6 Å². The number of carbonyl (C=O) groups is 1. The van der Waals surface area contributed by atoms with Gasteiger partial charge in [-0.2, -0.15) is 0 Å².